The van der Waals surface area contributed by atoms with Crippen LogP contribution in [0.5, 0.6) is 0 Å². The Labute approximate surface area is 97.1 Å². The van der Waals surface area contributed by atoms with E-state index >= 15 is 0 Å². The van der Waals surface area contributed by atoms with Crippen molar-refractivity contribution >= 4 is 16.9 Å². The highest BCUT2D eigenvalue weighted by atomic mass is 32.2. The first kappa shape index (κ1) is 12.8. The lowest BCUT2D eigenvalue weighted by Crippen LogP contribution is -2.41. The molecule has 1 heterocycles. The molecule has 1 N–H and O–H groups in total. The summed E-state index contributed by atoms with van der Waals surface area (Å²) in [5, 5.41) is 4.58. The fourth-order valence-electron chi connectivity index (χ4n) is 1.50. The topological polar surface area (TPSA) is 33.6 Å². The molecule has 0 radical (unpaired) electrons. The lowest BCUT2D eigenvalue weighted by Gasteiger charge is -2.28. The zero-order chi connectivity index (χ0) is 11.1. The van der Waals surface area contributed by atoms with Crippen LogP contribution in [0.4, 0.5) is 0 Å². The van der Waals surface area contributed by atoms with Crippen molar-refractivity contribution in [1.29, 1.82) is 0 Å². The molecule has 1 atom stereocenters. The van der Waals surface area contributed by atoms with Crippen molar-refractivity contribution in [3.8, 4) is 0 Å². The van der Waals surface area contributed by atoms with Crippen LogP contribution in [-0.4, -0.2) is 36.7 Å². The number of aliphatic imine (C=N–C) groups is 1. The highest BCUT2D eigenvalue weighted by Crippen LogP contribution is 2.18. The van der Waals surface area contributed by atoms with E-state index in [-0.39, 0.29) is 0 Å². The average molecular weight is 230 g/mol. The molecule has 0 aromatic carbocycles. The number of amidine groups is 1. The summed E-state index contributed by atoms with van der Waals surface area (Å²) in [4.78, 5) is 4.50. The van der Waals surface area contributed by atoms with Crippen LogP contribution in [0.15, 0.2) is 4.99 Å². The van der Waals surface area contributed by atoms with Gasteiger partial charge in [-0.25, -0.2) is 0 Å². The molecule has 1 aliphatic heterocycles. The minimum absolute atomic E-state index is 0.595. The van der Waals surface area contributed by atoms with Gasteiger partial charge in [0.25, 0.3) is 0 Å². The Balaban J connectivity index is 2.28. The molecule has 0 bridgehead atoms. The molecular formula is C11H22N2OS. The Morgan fingerprint density at radius 1 is 1.60 bits per heavy atom. The number of hydrogen-bond acceptors (Lipinski definition) is 3. The second-order valence-electron chi connectivity index (χ2n) is 4.02. The molecular weight excluding hydrogens is 208 g/mol. The van der Waals surface area contributed by atoms with E-state index in [1.165, 1.54) is 12.2 Å². The number of thioether (sulfide) groups is 1. The van der Waals surface area contributed by atoms with Crippen LogP contribution in [-0.2, 0) is 4.74 Å². The van der Waals surface area contributed by atoms with Gasteiger partial charge in [0.1, 0.15) is 0 Å². The molecule has 88 valence electrons. The van der Waals surface area contributed by atoms with E-state index in [0.29, 0.717) is 12.0 Å². The van der Waals surface area contributed by atoms with Gasteiger partial charge >= 0.3 is 0 Å². The lowest BCUT2D eigenvalue weighted by atomic mass is 10.0. The minimum atomic E-state index is 0.595. The number of nitrogens with zero attached hydrogens (tertiary/aromatic N) is 1. The average Bonchev–Trinajstić information content (AvgIpc) is 2.25. The van der Waals surface area contributed by atoms with Crippen LogP contribution in [0, 0.1) is 5.92 Å². The normalized spacial score (nSPS) is 24.5. The molecule has 1 rings (SSSR count). The number of hydrogen-bond donors (Lipinski definition) is 1. The van der Waals surface area contributed by atoms with Gasteiger partial charge in [-0.3, -0.25) is 4.99 Å². The summed E-state index contributed by atoms with van der Waals surface area (Å²) < 4.78 is 5.25. The first-order valence-corrected chi connectivity index (χ1v) is 6.74. The SMILES string of the molecule is CCOCCN=C1NC(C(C)C)CCS1. The Hall–Kier alpha value is -0.220. The second kappa shape index (κ2) is 7.12. The summed E-state index contributed by atoms with van der Waals surface area (Å²) in [6, 6.07) is 0.595. The van der Waals surface area contributed by atoms with Crippen LogP contribution >= 0.6 is 11.8 Å². The van der Waals surface area contributed by atoms with E-state index < -0.39 is 0 Å². The zero-order valence-electron chi connectivity index (χ0n) is 9.95. The largest absolute Gasteiger partial charge is 0.380 e. The molecule has 0 aromatic heterocycles. The van der Waals surface area contributed by atoms with Crippen molar-refractivity contribution in [2.75, 3.05) is 25.5 Å². The molecule has 1 aliphatic rings. The summed E-state index contributed by atoms with van der Waals surface area (Å²) in [5.74, 6) is 1.87. The van der Waals surface area contributed by atoms with Crippen molar-refractivity contribution in [3.05, 3.63) is 0 Å². The van der Waals surface area contributed by atoms with E-state index in [9.17, 15) is 0 Å². The van der Waals surface area contributed by atoms with Gasteiger partial charge in [0.15, 0.2) is 5.17 Å². The molecule has 1 unspecified atom stereocenters. The molecule has 3 nitrogen and oxygen atoms in total. The Morgan fingerprint density at radius 2 is 2.40 bits per heavy atom. The zero-order valence-corrected chi connectivity index (χ0v) is 10.8. The van der Waals surface area contributed by atoms with Gasteiger partial charge < -0.3 is 10.1 Å². The summed E-state index contributed by atoms with van der Waals surface area (Å²) >= 11 is 1.83. The quantitative estimate of drug-likeness (QED) is 0.735. The Morgan fingerprint density at radius 3 is 3.07 bits per heavy atom. The number of ether oxygens (including phenoxy) is 1. The maximum Gasteiger partial charge on any atom is 0.156 e. The molecule has 0 aromatic rings. The predicted octanol–water partition coefficient (Wildman–Crippen LogP) is 2.13. The lowest BCUT2D eigenvalue weighted by molar-refractivity contribution is 0.156. The van der Waals surface area contributed by atoms with Gasteiger partial charge in [-0.2, -0.15) is 0 Å². The molecule has 0 aliphatic carbocycles. The smallest absolute Gasteiger partial charge is 0.156 e. The third-order valence-electron chi connectivity index (χ3n) is 2.48. The van der Waals surface area contributed by atoms with E-state index in [1.54, 1.807) is 0 Å². The second-order valence-corrected chi connectivity index (χ2v) is 5.10. The monoisotopic (exact) mass is 230 g/mol. The minimum Gasteiger partial charge on any atom is -0.380 e. The van der Waals surface area contributed by atoms with Gasteiger partial charge in [-0.1, -0.05) is 25.6 Å². The van der Waals surface area contributed by atoms with Crippen LogP contribution in [0.3, 0.4) is 0 Å². The molecule has 1 fully saturated rings. The highest BCUT2D eigenvalue weighted by molar-refractivity contribution is 8.13. The first-order chi connectivity index (χ1) is 7.24. The highest BCUT2D eigenvalue weighted by Gasteiger charge is 2.19. The Bertz CT molecular complexity index is 207. The van der Waals surface area contributed by atoms with E-state index in [4.69, 9.17) is 4.74 Å². The first-order valence-electron chi connectivity index (χ1n) is 5.75. The fraction of sp³-hybridized carbons (Fsp3) is 0.909. The van der Waals surface area contributed by atoms with Gasteiger partial charge in [0.05, 0.1) is 13.2 Å². The molecule has 0 amide bonds. The van der Waals surface area contributed by atoms with Crippen molar-refractivity contribution in [1.82, 2.24) is 5.32 Å². The van der Waals surface area contributed by atoms with E-state index in [0.717, 1.165) is 24.9 Å². The fourth-order valence-corrected chi connectivity index (χ4v) is 2.48. The molecule has 4 heteroatoms. The molecule has 15 heavy (non-hydrogen) atoms. The van der Waals surface area contributed by atoms with Crippen molar-refractivity contribution in [3.63, 3.8) is 0 Å². The van der Waals surface area contributed by atoms with Gasteiger partial charge in [0, 0.05) is 18.4 Å². The maximum absolute atomic E-state index is 5.25. The van der Waals surface area contributed by atoms with Crippen LogP contribution in [0.1, 0.15) is 27.2 Å². The number of rotatable bonds is 5. The van der Waals surface area contributed by atoms with Crippen LogP contribution < -0.4 is 5.32 Å². The third kappa shape index (κ3) is 4.89. The van der Waals surface area contributed by atoms with Gasteiger partial charge in [-0.05, 0) is 19.3 Å². The van der Waals surface area contributed by atoms with Crippen molar-refractivity contribution < 1.29 is 4.74 Å². The van der Waals surface area contributed by atoms with Crippen LogP contribution in [0.2, 0.25) is 0 Å². The standard InChI is InChI=1S/C11H22N2OS/c1-4-14-7-6-12-11-13-10(9(2)3)5-8-15-11/h9-10H,4-8H2,1-3H3,(H,12,13). The predicted molar refractivity (Wildman–Crippen MR) is 67.6 cm³/mol. The van der Waals surface area contributed by atoms with Gasteiger partial charge in [0.2, 0.25) is 0 Å². The molecule has 1 saturated heterocycles. The summed E-state index contributed by atoms with van der Waals surface area (Å²) in [6.07, 6.45) is 1.24. The van der Waals surface area contributed by atoms with Crippen molar-refractivity contribution in [2.45, 2.75) is 33.2 Å². The summed E-state index contributed by atoms with van der Waals surface area (Å²) in [7, 11) is 0. The van der Waals surface area contributed by atoms with Crippen LogP contribution in [0.25, 0.3) is 0 Å². The Kier molecular flexibility index (Phi) is 6.10. The summed E-state index contributed by atoms with van der Waals surface area (Å²) in [5.41, 5.74) is 0. The van der Waals surface area contributed by atoms with Crippen molar-refractivity contribution in [2.24, 2.45) is 10.9 Å². The van der Waals surface area contributed by atoms with E-state index in [1.807, 2.05) is 18.7 Å². The summed E-state index contributed by atoms with van der Waals surface area (Å²) in [6.45, 7) is 8.80. The van der Waals surface area contributed by atoms with Gasteiger partial charge in [-0.15, -0.1) is 0 Å². The molecule has 0 saturated carbocycles. The number of nitrogens with one attached hydrogen (secondary N) is 1. The third-order valence-corrected chi connectivity index (χ3v) is 3.44. The molecule has 0 spiro atoms. The maximum atomic E-state index is 5.25. The van der Waals surface area contributed by atoms with E-state index in [2.05, 4.69) is 24.2 Å².